The van der Waals surface area contributed by atoms with Crippen LogP contribution in [0, 0.1) is 11.3 Å². The standard InChI is InChI=1S/C30H40F3N5O4/c1-18(2)25(26(40)34-19(3)27(41)38-14-6-7-23(17-39)37-38)36-28(42)29(4,5)13-12-20-8-9-21-10-11-22(16-30(31,32)33)35-24(21)15-20/h8-13,15,18-19,23,25,37,39H,6-7,14,16-17H2,1-5H3,(H,34,40)(H,36,42). The molecule has 12 heteroatoms. The number of hydrazine groups is 1. The number of nitrogens with zero attached hydrogens (tertiary/aromatic N) is 2. The first kappa shape index (κ1) is 33.0. The molecule has 230 valence electrons. The van der Waals surface area contributed by atoms with Gasteiger partial charge in [-0.1, -0.05) is 44.2 Å². The second kappa shape index (κ2) is 13.6. The van der Waals surface area contributed by atoms with Crippen molar-refractivity contribution in [1.29, 1.82) is 0 Å². The predicted molar refractivity (Wildman–Crippen MR) is 154 cm³/mol. The second-order valence-electron chi connectivity index (χ2n) is 11.7. The lowest BCUT2D eigenvalue weighted by Crippen LogP contribution is -2.60. The number of hydrogen-bond donors (Lipinski definition) is 4. The lowest BCUT2D eigenvalue weighted by molar-refractivity contribution is -0.142. The first-order valence-corrected chi connectivity index (χ1v) is 14.0. The van der Waals surface area contributed by atoms with Crippen molar-refractivity contribution in [2.45, 2.75) is 78.2 Å². The summed E-state index contributed by atoms with van der Waals surface area (Å²) >= 11 is 0. The van der Waals surface area contributed by atoms with Crippen LogP contribution in [0.3, 0.4) is 0 Å². The number of nitrogens with one attached hydrogen (secondary N) is 3. The van der Waals surface area contributed by atoms with Crippen LogP contribution in [-0.2, 0) is 20.8 Å². The van der Waals surface area contributed by atoms with Crippen LogP contribution >= 0.6 is 0 Å². The number of fused-ring (bicyclic) bond motifs is 1. The summed E-state index contributed by atoms with van der Waals surface area (Å²) in [6.07, 6.45) is -0.660. The van der Waals surface area contributed by atoms with E-state index in [9.17, 15) is 32.7 Å². The number of halogens is 3. The molecule has 0 bridgehead atoms. The van der Waals surface area contributed by atoms with E-state index in [1.165, 1.54) is 11.1 Å². The largest absolute Gasteiger partial charge is 0.395 e. The molecule has 0 spiro atoms. The molecule has 0 saturated carbocycles. The number of carbonyl (C=O) groups excluding carboxylic acids is 3. The maximum Gasteiger partial charge on any atom is 0.394 e. The van der Waals surface area contributed by atoms with Crippen LogP contribution in [0.4, 0.5) is 13.2 Å². The Kier molecular flexibility index (Phi) is 10.7. The molecule has 4 N–H and O–H groups in total. The summed E-state index contributed by atoms with van der Waals surface area (Å²) in [5.74, 6) is -1.53. The van der Waals surface area contributed by atoms with Crippen LogP contribution in [-0.4, -0.2) is 70.3 Å². The summed E-state index contributed by atoms with van der Waals surface area (Å²) in [6, 6.07) is 6.15. The molecule has 1 aromatic heterocycles. The van der Waals surface area contributed by atoms with Gasteiger partial charge in [0.15, 0.2) is 0 Å². The average molecular weight is 592 g/mol. The molecule has 0 radical (unpaired) electrons. The lowest BCUT2D eigenvalue weighted by atomic mass is 9.89. The minimum atomic E-state index is -4.36. The van der Waals surface area contributed by atoms with Gasteiger partial charge in [-0.2, -0.15) is 13.2 Å². The molecule has 2 heterocycles. The molecule has 3 rings (SSSR count). The van der Waals surface area contributed by atoms with E-state index in [0.717, 1.165) is 12.8 Å². The molecular weight excluding hydrogens is 551 g/mol. The summed E-state index contributed by atoms with van der Waals surface area (Å²) < 4.78 is 38.4. The van der Waals surface area contributed by atoms with E-state index in [1.807, 2.05) is 0 Å². The Morgan fingerprint density at radius 1 is 1.14 bits per heavy atom. The highest BCUT2D eigenvalue weighted by Gasteiger charge is 2.34. The van der Waals surface area contributed by atoms with E-state index >= 15 is 0 Å². The molecule has 0 aliphatic carbocycles. The van der Waals surface area contributed by atoms with Crippen molar-refractivity contribution in [3.8, 4) is 0 Å². The van der Waals surface area contributed by atoms with E-state index in [2.05, 4.69) is 21.0 Å². The summed E-state index contributed by atoms with van der Waals surface area (Å²) in [7, 11) is 0. The van der Waals surface area contributed by atoms with Crippen LogP contribution in [0.1, 0.15) is 58.7 Å². The molecule has 1 aromatic carbocycles. The van der Waals surface area contributed by atoms with Crippen molar-refractivity contribution in [3.05, 3.63) is 47.7 Å². The highest BCUT2D eigenvalue weighted by Crippen LogP contribution is 2.24. The van der Waals surface area contributed by atoms with Gasteiger partial charge in [0.05, 0.1) is 29.7 Å². The number of benzene rings is 1. The molecule has 1 saturated heterocycles. The quantitative estimate of drug-likeness (QED) is 0.335. The highest BCUT2D eigenvalue weighted by molar-refractivity contribution is 5.94. The van der Waals surface area contributed by atoms with E-state index in [-0.39, 0.29) is 30.2 Å². The molecule has 3 unspecified atom stereocenters. The fourth-order valence-electron chi connectivity index (χ4n) is 4.58. The number of carbonyl (C=O) groups is 3. The number of amides is 3. The number of pyridine rings is 1. The van der Waals surface area contributed by atoms with Gasteiger partial charge in [-0.3, -0.25) is 24.4 Å². The van der Waals surface area contributed by atoms with Gasteiger partial charge < -0.3 is 15.7 Å². The zero-order chi connectivity index (χ0) is 31.2. The van der Waals surface area contributed by atoms with E-state index < -0.39 is 41.9 Å². The third kappa shape index (κ3) is 8.99. The lowest BCUT2D eigenvalue weighted by Gasteiger charge is -2.35. The normalized spacial score (nSPS) is 17.9. The molecule has 3 amide bonds. The number of rotatable bonds is 10. The van der Waals surface area contributed by atoms with Gasteiger partial charge in [0.2, 0.25) is 11.8 Å². The number of aliphatic hydroxyl groups is 1. The smallest absolute Gasteiger partial charge is 0.394 e. The minimum absolute atomic E-state index is 0.0774. The maximum absolute atomic E-state index is 13.3. The van der Waals surface area contributed by atoms with Crippen LogP contribution in [0.2, 0.25) is 0 Å². The SMILES string of the molecule is CC(NC(=O)C(NC(=O)C(C)(C)C=Cc1ccc2ccc(CC(F)(F)F)nc2c1)C(C)C)C(=O)N1CCCC(CO)N1. The molecule has 42 heavy (non-hydrogen) atoms. The topological polar surface area (TPSA) is 124 Å². The Bertz CT molecular complexity index is 1310. The molecule has 9 nitrogen and oxygen atoms in total. The van der Waals surface area contributed by atoms with Crippen LogP contribution in [0.15, 0.2) is 36.4 Å². The molecule has 1 fully saturated rings. The second-order valence-corrected chi connectivity index (χ2v) is 11.7. The third-order valence-electron chi connectivity index (χ3n) is 7.16. The van der Waals surface area contributed by atoms with Crippen molar-refractivity contribution in [2.75, 3.05) is 13.2 Å². The Morgan fingerprint density at radius 2 is 1.83 bits per heavy atom. The number of aromatic nitrogens is 1. The monoisotopic (exact) mass is 591 g/mol. The van der Waals surface area contributed by atoms with Crippen LogP contribution in [0.5, 0.6) is 0 Å². The Balaban J connectivity index is 1.66. The van der Waals surface area contributed by atoms with Gasteiger partial charge in [-0.15, -0.1) is 0 Å². The molecular formula is C30H40F3N5O4. The highest BCUT2D eigenvalue weighted by atomic mass is 19.4. The molecule has 1 aliphatic heterocycles. The van der Waals surface area contributed by atoms with Crippen molar-refractivity contribution in [3.63, 3.8) is 0 Å². The Labute approximate surface area is 243 Å². The van der Waals surface area contributed by atoms with Crippen molar-refractivity contribution < 1.29 is 32.7 Å². The van der Waals surface area contributed by atoms with Gasteiger partial charge in [-0.05, 0) is 57.2 Å². The van der Waals surface area contributed by atoms with Gasteiger partial charge in [0.25, 0.3) is 5.91 Å². The third-order valence-corrected chi connectivity index (χ3v) is 7.16. The minimum Gasteiger partial charge on any atom is -0.395 e. The molecule has 2 aromatic rings. The average Bonchev–Trinajstić information content (AvgIpc) is 2.92. The van der Waals surface area contributed by atoms with Crippen LogP contribution < -0.4 is 16.1 Å². The van der Waals surface area contributed by atoms with Crippen molar-refractivity contribution in [2.24, 2.45) is 11.3 Å². The molecule has 1 aliphatic rings. The summed E-state index contributed by atoms with van der Waals surface area (Å²) in [6.45, 7) is 8.86. The summed E-state index contributed by atoms with van der Waals surface area (Å²) in [5.41, 5.74) is 2.90. The van der Waals surface area contributed by atoms with E-state index in [4.69, 9.17) is 0 Å². The predicted octanol–water partition coefficient (Wildman–Crippen LogP) is 3.51. The summed E-state index contributed by atoms with van der Waals surface area (Å²) in [5, 5.41) is 17.0. The fraction of sp³-hybridized carbons (Fsp3) is 0.533. The van der Waals surface area contributed by atoms with Gasteiger partial charge in [0, 0.05) is 18.0 Å². The van der Waals surface area contributed by atoms with Gasteiger partial charge in [0.1, 0.15) is 12.1 Å². The number of hydrogen-bond acceptors (Lipinski definition) is 6. The maximum atomic E-state index is 13.3. The number of aliphatic hydroxyl groups excluding tert-OH is 1. The van der Waals surface area contributed by atoms with Gasteiger partial charge >= 0.3 is 6.18 Å². The first-order chi connectivity index (χ1) is 19.6. The van der Waals surface area contributed by atoms with Crippen molar-refractivity contribution in [1.82, 2.24) is 26.1 Å². The first-order valence-electron chi connectivity index (χ1n) is 14.0. The van der Waals surface area contributed by atoms with E-state index in [0.29, 0.717) is 23.0 Å². The Hall–Kier alpha value is -3.51. The zero-order valence-electron chi connectivity index (χ0n) is 24.6. The van der Waals surface area contributed by atoms with Crippen LogP contribution in [0.25, 0.3) is 17.0 Å². The van der Waals surface area contributed by atoms with Gasteiger partial charge in [-0.25, -0.2) is 5.43 Å². The summed E-state index contributed by atoms with van der Waals surface area (Å²) in [4.78, 5) is 43.4. The number of alkyl halides is 3. The molecule has 3 atom stereocenters. The fourth-order valence-corrected chi connectivity index (χ4v) is 4.58. The zero-order valence-corrected chi connectivity index (χ0v) is 24.6. The van der Waals surface area contributed by atoms with Crippen molar-refractivity contribution >= 4 is 34.7 Å². The Morgan fingerprint density at radius 3 is 2.48 bits per heavy atom. The van der Waals surface area contributed by atoms with E-state index in [1.54, 1.807) is 71.0 Å².